The second kappa shape index (κ2) is 5.55. The summed E-state index contributed by atoms with van der Waals surface area (Å²) in [5.74, 6) is -0.358. The molecule has 0 radical (unpaired) electrons. The van der Waals surface area contributed by atoms with E-state index in [1.807, 2.05) is 0 Å². The van der Waals surface area contributed by atoms with E-state index in [1.165, 1.54) is 14.0 Å². The minimum atomic E-state index is -4.33. The van der Waals surface area contributed by atoms with Gasteiger partial charge in [-0.25, -0.2) is 0 Å². The number of hydrogen-bond acceptors (Lipinski definition) is 5. The molecule has 0 aliphatic heterocycles. The number of nitro groups is 1. The topological polar surface area (TPSA) is 63.4 Å². The fraction of sp³-hybridized carbons (Fsp3) is 0.500. The Kier molecular flexibility index (Phi) is 4.51. The van der Waals surface area contributed by atoms with Crippen LogP contribution < -0.4 is 4.90 Å². The maximum Gasteiger partial charge on any atom is 0.390 e. The molecule has 106 valence electrons. The van der Waals surface area contributed by atoms with Crippen molar-refractivity contribution in [1.29, 1.82) is 0 Å². The summed E-state index contributed by atoms with van der Waals surface area (Å²) in [6.45, 7) is 0.844. The highest BCUT2D eigenvalue weighted by molar-refractivity contribution is 7.18. The van der Waals surface area contributed by atoms with Gasteiger partial charge in [0.15, 0.2) is 10.8 Å². The zero-order chi connectivity index (χ0) is 14.8. The van der Waals surface area contributed by atoms with E-state index >= 15 is 0 Å². The lowest BCUT2D eigenvalue weighted by Gasteiger charge is -2.17. The summed E-state index contributed by atoms with van der Waals surface area (Å²) in [5.41, 5.74) is -0.347. The van der Waals surface area contributed by atoms with E-state index in [0.29, 0.717) is 0 Å². The average molecular weight is 296 g/mol. The van der Waals surface area contributed by atoms with Crippen molar-refractivity contribution in [3.8, 4) is 0 Å². The van der Waals surface area contributed by atoms with Crippen molar-refractivity contribution >= 4 is 27.8 Å². The van der Waals surface area contributed by atoms with E-state index in [2.05, 4.69) is 0 Å². The highest BCUT2D eigenvalue weighted by Gasteiger charge is 2.29. The molecule has 0 unspecified atom stereocenters. The fourth-order valence-electron chi connectivity index (χ4n) is 1.35. The normalized spacial score (nSPS) is 11.4. The lowest BCUT2D eigenvalue weighted by Crippen LogP contribution is -2.23. The molecule has 0 spiro atoms. The number of anilines is 1. The number of nitrogens with zero attached hydrogens (tertiary/aromatic N) is 2. The smallest absolute Gasteiger partial charge is 0.361 e. The van der Waals surface area contributed by atoms with Crippen molar-refractivity contribution in [1.82, 2.24) is 0 Å². The van der Waals surface area contributed by atoms with Crippen LogP contribution in [0.3, 0.4) is 0 Å². The molecule has 0 saturated heterocycles. The van der Waals surface area contributed by atoms with E-state index in [1.54, 1.807) is 0 Å². The monoisotopic (exact) mass is 296 g/mol. The molecule has 0 saturated carbocycles. The molecule has 0 fully saturated rings. The van der Waals surface area contributed by atoms with Crippen LogP contribution in [0.5, 0.6) is 0 Å². The summed E-state index contributed by atoms with van der Waals surface area (Å²) in [6, 6.07) is 1.09. The molecule has 1 heterocycles. The number of carbonyl (C=O) groups is 1. The van der Waals surface area contributed by atoms with Crippen LogP contribution in [0.1, 0.15) is 23.0 Å². The standard InChI is InChI=1S/C10H11F3N2O3S/c1-6(16)8-5-7(15(17)18)9(19-8)14(2)4-3-10(11,12)13/h5H,3-4H2,1-2H3. The van der Waals surface area contributed by atoms with E-state index in [0.717, 1.165) is 22.3 Å². The van der Waals surface area contributed by atoms with Gasteiger partial charge < -0.3 is 4.90 Å². The van der Waals surface area contributed by atoms with Gasteiger partial charge in [-0.05, 0) is 6.92 Å². The lowest BCUT2D eigenvalue weighted by molar-refractivity contribution is -0.383. The first-order valence-electron chi connectivity index (χ1n) is 5.19. The summed E-state index contributed by atoms with van der Waals surface area (Å²) in [6.07, 6.45) is -5.41. The van der Waals surface area contributed by atoms with Gasteiger partial charge in [0, 0.05) is 19.7 Å². The third kappa shape index (κ3) is 4.19. The zero-order valence-electron chi connectivity index (χ0n) is 10.2. The third-order valence-electron chi connectivity index (χ3n) is 2.31. The van der Waals surface area contributed by atoms with Crippen LogP contribution in [-0.4, -0.2) is 30.5 Å². The number of hydrogen-bond donors (Lipinski definition) is 0. The highest BCUT2D eigenvalue weighted by Crippen LogP contribution is 2.37. The summed E-state index contributed by atoms with van der Waals surface area (Å²) < 4.78 is 36.3. The molecule has 9 heteroatoms. The number of thiophene rings is 1. The van der Waals surface area contributed by atoms with E-state index in [-0.39, 0.29) is 21.3 Å². The Bertz CT molecular complexity index is 499. The van der Waals surface area contributed by atoms with Crippen molar-refractivity contribution in [3.05, 3.63) is 21.1 Å². The first kappa shape index (κ1) is 15.4. The molecule has 1 rings (SSSR count). The summed E-state index contributed by atoms with van der Waals surface area (Å²) in [5, 5.41) is 10.9. The molecule has 1 aromatic heterocycles. The summed E-state index contributed by atoms with van der Waals surface area (Å²) in [7, 11) is 1.33. The second-order valence-electron chi connectivity index (χ2n) is 3.90. The van der Waals surface area contributed by atoms with Crippen LogP contribution >= 0.6 is 11.3 Å². The van der Waals surface area contributed by atoms with Gasteiger partial charge in [0.2, 0.25) is 0 Å². The Balaban J connectivity index is 2.97. The number of carbonyl (C=O) groups excluding carboxylic acids is 1. The summed E-state index contributed by atoms with van der Waals surface area (Å²) in [4.78, 5) is 22.6. The first-order chi connectivity index (χ1) is 8.61. The molecule has 0 N–H and O–H groups in total. The van der Waals surface area contributed by atoms with Gasteiger partial charge in [0.05, 0.1) is 16.2 Å². The predicted molar refractivity (Wildman–Crippen MR) is 64.9 cm³/mol. The number of ketones is 1. The van der Waals surface area contributed by atoms with Crippen LogP contribution in [0.2, 0.25) is 0 Å². The Morgan fingerprint density at radius 3 is 2.53 bits per heavy atom. The Morgan fingerprint density at radius 1 is 1.53 bits per heavy atom. The fourth-order valence-corrected chi connectivity index (χ4v) is 2.35. The molecular weight excluding hydrogens is 285 g/mol. The predicted octanol–water partition coefficient (Wildman–Crippen LogP) is 3.25. The molecule has 0 aliphatic rings. The van der Waals surface area contributed by atoms with Crippen molar-refractivity contribution < 1.29 is 22.9 Å². The second-order valence-corrected chi connectivity index (χ2v) is 4.93. The molecule has 1 aromatic rings. The van der Waals surface area contributed by atoms with Crippen LogP contribution in [0.25, 0.3) is 0 Å². The largest absolute Gasteiger partial charge is 0.390 e. The van der Waals surface area contributed by atoms with Crippen LogP contribution in [0, 0.1) is 10.1 Å². The van der Waals surface area contributed by atoms with Gasteiger partial charge in [0.1, 0.15) is 0 Å². The number of rotatable bonds is 5. The van der Waals surface area contributed by atoms with E-state index in [9.17, 15) is 28.1 Å². The lowest BCUT2D eigenvalue weighted by atomic mass is 10.3. The SMILES string of the molecule is CC(=O)c1cc([N+](=O)[O-])c(N(C)CCC(F)(F)F)s1. The van der Waals surface area contributed by atoms with Crippen molar-refractivity contribution in [3.63, 3.8) is 0 Å². The van der Waals surface area contributed by atoms with Crippen LogP contribution in [0.4, 0.5) is 23.9 Å². The van der Waals surface area contributed by atoms with Gasteiger partial charge in [-0.2, -0.15) is 13.2 Å². The van der Waals surface area contributed by atoms with Gasteiger partial charge in [0.25, 0.3) is 0 Å². The molecule has 19 heavy (non-hydrogen) atoms. The molecular formula is C10H11F3N2O3S. The Morgan fingerprint density at radius 2 is 2.11 bits per heavy atom. The zero-order valence-corrected chi connectivity index (χ0v) is 11.0. The van der Waals surface area contributed by atoms with Crippen molar-refractivity contribution in [2.24, 2.45) is 0 Å². The number of halogens is 3. The molecule has 0 aliphatic carbocycles. The van der Waals surface area contributed by atoms with Crippen LogP contribution in [-0.2, 0) is 0 Å². The van der Waals surface area contributed by atoms with Crippen LogP contribution in [0.15, 0.2) is 6.07 Å². The number of alkyl halides is 3. The van der Waals surface area contributed by atoms with E-state index in [4.69, 9.17) is 0 Å². The minimum Gasteiger partial charge on any atom is -0.361 e. The minimum absolute atomic E-state index is 0.0550. The number of Topliss-reactive ketones (excluding diaryl/α,β-unsaturated/α-hetero) is 1. The Hall–Kier alpha value is -1.64. The molecule has 0 atom stereocenters. The molecule has 5 nitrogen and oxygen atoms in total. The van der Waals surface area contributed by atoms with Gasteiger partial charge in [-0.15, -0.1) is 11.3 Å². The quantitative estimate of drug-likeness (QED) is 0.475. The van der Waals surface area contributed by atoms with Gasteiger partial charge in [-0.1, -0.05) is 0 Å². The molecule has 0 bridgehead atoms. The summed E-state index contributed by atoms with van der Waals surface area (Å²) >= 11 is 0.822. The third-order valence-corrected chi connectivity index (χ3v) is 3.65. The average Bonchev–Trinajstić information content (AvgIpc) is 2.69. The maximum absolute atomic E-state index is 12.1. The van der Waals surface area contributed by atoms with Crippen molar-refractivity contribution in [2.75, 3.05) is 18.5 Å². The van der Waals surface area contributed by atoms with Gasteiger partial charge >= 0.3 is 11.9 Å². The van der Waals surface area contributed by atoms with E-state index < -0.39 is 24.1 Å². The first-order valence-corrected chi connectivity index (χ1v) is 6.00. The van der Waals surface area contributed by atoms with Gasteiger partial charge in [-0.3, -0.25) is 14.9 Å². The molecule has 0 amide bonds. The Labute approximate surface area is 110 Å². The molecule has 0 aromatic carbocycles. The van der Waals surface area contributed by atoms with Crippen molar-refractivity contribution in [2.45, 2.75) is 19.5 Å². The highest BCUT2D eigenvalue weighted by atomic mass is 32.1. The maximum atomic E-state index is 12.1.